The topological polar surface area (TPSA) is 117 Å². The monoisotopic (exact) mass is 461 g/mol. The van der Waals surface area contributed by atoms with Crippen LogP contribution in [0.3, 0.4) is 0 Å². The van der Waals surface area contributed by atoms with Crippen molar-refractivity contribution in [3.05, 3.63) is 50.3 Å². The maximum Gasteiger partial charge on any atom is 0.404 e. The molecule has 0 aromatic carbocycles. The molecule has 3 heterocycles. The van der Waals surface area contributed by atoms with Crippen LogP contribution >= 0.6 is 27.7 Å². The van der Waals surface area contributed by atoms with Gasteiger partial charge >= 0.3 is 5.82 Å². The van der Waals surface area contributed by atoms with E-state index in [1.54, 1.807) is 18.4 Å². The van der Waals surface area contributed by atoms with E-state index in [2.05, 4.69) is 36.3 Å². The Morgan fingerprint density at radius 2 is 2.26 bits per heavy atom. The van der Waals surface area contributed by atoms with Crippen molar-refractivity contribution in [2.75, 3.05) is 6.26 Å². The van der Waals surface area contributed by atoms with Crippen LogP contribution in [0.5, 0.6) is 0 Å². The maximum absolute atomic E-state index is 12.9. The van der Waals surface area contributed by atoms with E-state index in [0.29, 0.717) is 11.5 Å². The molecule has 0 saturated carbocycles. The van der Waals surface area contributed by atoms with Gasteiger partial charge in [0.05, 0.1) is 17.5 Å². The Balaban J connectivity index is 1.77. The van der Waals surface area contributed by atoms with E-state index in [9.17, 15) is 18.9 Å². The van der Waals surface area contributed by atoms with Gasteiger partial charge < -0.3 is 14.5 Å². The second kappa shape index (κ2) is 7.96. The molecule has 0 aliphatic carbocycles. The van der Waals surface area contributed by atoms with Crippen molar-refractivity contribution < 1.29 is 18.1 Å². The van der Waals surface area contributed by atoms with Crippen LogP contribution in [-0.2, 0) is 6.54 Å². The number of rotatable bonds is 7. The summed E-state index contributed by atoms with van der Waals surface area (Å²) in [6.45, 7) is 0.144. The van der Waals surface area contributed by atoms with Crippen LogP contribution in [0.15, 0.2) is 37.5 Å². The lowest BCUT2D eigenvalue weighted by molar-refractivity contribution is -0.390. The molecule has 0 N–H and O–H groups in total. The van der Waals surface area contributed by atoms with E-state index < -0.39 is 17.2 Å². The predicted molar refractivity (Wildman–Crippen MR) is 94.1 cm³/mol. The van der Waals surface area contributed by atoms with E-state index in [-0.39, 0.29) is 22.0 Å². The number of hydrogen-bond donors (Lipinski definition) is 0. The lowest BCUT2D eigenvalue weighted by Gasteiger charge is -2.00. The zero-order chi connectivity index (χ0) is 19.6. The van der Waals surface area contributed by atoms with Crippen molar-refractivity contribution in [1.82, 2.24) is 24.7 Å². The fourth-order valence-electron chi connectivity index (χ4n) is 2.06. The molecule has 3 aromatic heterocycles. The van der Waals surface area contributed by atoms with E-state index in [4.69, 9.17) is 4.42 Å². The van der Waals surface area contributed by atoms with Gasteiger partial charge in [-0.15, -0.1) is 10.2 Å². The molecule has 0 bridgehead atoms. The molecule has 0 amide bonds. The van der Waals surface area contributed by atoms with Crippen LogP contribution in [0, 0.1) is 10.1 Å². The van der Waals surface area contributed by atoms with Gasteiger partial charge in [-0.3, -0.25) is 0 Å². The number of aromatic nitrogens is 5. The van der Waals surface area contributed by atoms with Crippen molar-refractivity contribution in [3.8, 4) is 0 Å². The number of furan rings is 1. The number of nitro groups is 1. The number of nitrogens with zero attached hydrogens (tertiary/aromatic N) is 7. The Bertz CT molecular complexity index is 1000. The minimum atomic E-state index is -2.82. The highest BCUT2D eigenvalue weighted by atomic mass is 79.9. The van der Waals surface area contributed by atoms with Crippen LogP contribution in [0.2, 0.25) is 0 Å². The zero-order valence-electron chi connectivity index (χ0n) is 13.5. The molecule has 14 heteroatoms. The molecule has 27 heavy (non-hydrogen) atoms. The Kier molecular flexibility index (Phi) is 5.65. The van der Waals surface area contributed by atoms with Crippen LogP contribution in [-0.4, -0.2) is 42.0 Å². The lowest BCUT2D eigenvalue weighted by atomic mass is 10.4. The molecular weight excluding hydrogens is 452 g/mol. The fraction of sp³-hybridized carbons (Fsp3) is 0.231. The minimum Gasteiger partial charge on any atom is -0.458 e. The summed E-state index contributed by atoms with van der Waals surface area (Å²) >= 11 is 4.18. The molecule has 0 spiro atoms. The van der Waals surface area contributed by atoms with Gasteiger partial charge in [0, 0.05) is 0 Å². The van der Waals surface area contributed by atoms with Gasteiger partial charge in [-0.25, -0.2) is 8.78 Å². The molecule has 0 saturated heterocycles. The normalized spacial score (nSPS) is 11.7. The molecular formula is C13H10BrF2N7O3S. The number of hydrogen-bond acceptors (Lipinski definition) is 8. The Hall–Kier alpha value is -2.61. The third-order valence-electron chi connectivity index (χ3n) is 3.19. The van der Waals surface area contributed by atoms with Crippen molar-refractivity contribution in [2.24, 2.45) is 5.10 Å². The summed E-state index contributed by atoms with van der Waals surface area (Å²) in [5.74, 6) is -0.132. The number of alkyl halides is 2. The molecule has 0 unspecified atom stereocenters. The van der Waals surface area contributed by atoms with Crippen molar-refractivity contribution in [1.29, 1.82) is 0 Å². The Labute approximate surface area is 162 Å². The zero-order valence-corrected chi connectivity index (χ0v) is 15.9. The van der Waals surface area contributed by atoms with Crippen LogP contribution in [0.1, 0.15) is 23.8 Å². The molecule has 0 atom stereocenters. The highest BCUT2D eigenvalue weighted by Gasteiger charge is 2.20. The molecule has 0 aliphatic rings. The Morgan fingerprint density at radius 3 is 2.89 bits per heavy atom. The average Bonchev–Trinajstić information content (AvgIpc) is 3.31. The van der Waals surface area contributed by atoms with Crippen LogP contribution in [0.4, 0.5) is 14.6 Å². The molecule has 3 rings (SSSR count). The molecule has 0 radical (unpaired) electrons. The summed E-state index contributed by atoms with van der Waals surface area (Å²) in [5, 5.41) is 25.8. The first-order valence-electron chi connectivity index (χ1n) is 7.17. The first-order chi connectivity index (χ1) is 12.9. The van der Waals surface area contributed by atoms with E-state index in [0.717, 1.165) is 16.4 Å². The van der Waals surface area contributed by atoms with E-state index >= 15 is 0 Å². The van der Waals surface area contributed by atoms with Gasteiger partial charge in [0.25, 0.3) is 6.43 Å². The van der Waals surface area contributed by atoms with Gasteiger partial charge in [0.2, 0.25) is 11.0 Å². The molecule has 0 aliphatic heterocycles. The highest BCUT2D eigenvalue weighted by Crippen LogP contribution is 2.23. The first-order valence-corrected chi connectivity index (χ1v) is 9.18. The second-order valence-electron chi connectivity index (χ2n) is 4.96. The molecule has 10 nitrogen and oxygen atoms in total. The lowest BCUT2D eigenvalue weighted by Crippen LogP contribution is -2.01. The summed E-state index contributed by atoms with van der Waals surface area (Å²) in [5.41, 5.74) is 0. The predicted octanol–water partition coefficient (Wildman–Crippen LogP) is 3.33. The first kappa shape index (κ1) is 19.2. The van der Waals surface area contributed by atoms with E-state index in [1.165, 1.54) is 17.1 Å². The number of thioether (sulfide) groups is 1. The van der Waals surface area contributed by atoms with Crippen LogP contribution in [0.25, 0.3) is 0 Å². The number of halogens is 3. The Morgan fingerprint density at radius 1 is 1.48 bits per heavy atom. The largest absolute Gasteiger partial charge is 0.458 e. The molecule has 0 fully saturated rings. The summed E-state index contributed by atoms with van der Waals surface area (Å²) in [4.78, 5) is 10.2. The summed E-state index contributed by atoms with van der Waals surface area (Å²) < 4.78 is 33.9. The van der Waals surface area contributed by atoms with Crippen molar-refractivity contribution >= 4 is 39.7 Å². The van der Waals surface area contributed by atoms with Crippen LogP contribution < -0.4 is 0 Å². The summed E-state index contributed by atoms with van der Waals surface area (Å²) in [6, 6.07) is 3.20. The maximum atomic E-state index is 12.9. The molecule has 3 aromatic rings. The fourth-order valence-corrected chi connectivity index (χ4v) is 2.96. The quantitative estimate of drug-likeness (QED) is 0.229. The van der Waals surface area contributed by atoms with Gasteiger partial charge in [0.1, 0.15) is 22.5 Å². The van der Waals surface area contributed by atoms with Gasteiger partial charge in [-0.1, -0.05) is 11.8 Å². The van der Waals surface area contributed by atoms with E-state index in [1.807, 2.05) is 0 Å². The van der Waals surface area contributed by atoms with Crippen molar-refractivity contribution in [2.45, 2.75) is 18.1 Å². The average molecular weight is 462 g/mol. The summed E-state index contributed by atoms with van der Waals surface area (Å²) in [7, 11) is 0. The van der Waals surface area contributed by atoms with Gasteiger partial charge in [-0.2, -0.15) is 14.5 Å². The molecule has 142 valence electrons. The SMILES string of the molecule is CSc1nnc(C(F)F)n1/N=C/c1ccc(Cn2cc(Br)c([N+](=O)[O-])n2)o1. The standard InChI is InChI=1S/C13H10BrF2N7O3S/c1-27-13-19-18-12(10(15)16)22(13)17-4-7-2-3-8(26-7)5-21-6-9(14)11(20-21)23(24)25/h2-4,6,10H,5H2,1H3/b17-4+. The van der Waals surface area contributed by atoms with Gasteiger partial charge in [0.15, 0.2) is 0 Å². The third-order valence-corrected chi connectivity index (χ3v) is 4.37. The third kappa shape index (κ3) is 4.21. The minimum absolute atomic E-state index is 0.144. The highest BCUT2D eigenvalue weighted by molar-refractivity contribution is 9.10. The van der Waals surface area contributed by atoms with Gasteiger partial charge in [-0.05, 0) is 39.2 Å². The smallest absolute Gasteiger partial charge is 0.404 e. The van der Waals surface area contributed by atoms with Crippen molar-refractivity contribution in [3.63, 3.8) is 0 Å². The summed E-state index contributed by atoms with van der Waals surface area (Å²) in [6.07, 6.45) is 1.54. The second-order valence-corrected chi connectivity index (χ2v) is 6.59.